The number of rotatable bonds is 3. The fourth-order valence-corrected chi connectivity index (χ4v) is 3.98. The van der Waals surface area contributed by atoms with Crippen LogP contribution in [0.5, 0.6) is 0 Å². The highest BCUT2D eigenvalue weighted by molar-refractivity contribution is 9.10. The summed E-state index contributed by atoms with van der Waals surface area (Å²) in [7, 11) is -3.67. The quantitative estimate of drug-likeness (QED) is 0.839. The molecule has 1 aromatic rings. The average Bonchev–Trinajstić information content (AvgIpc) is 2.41. The molecule has 0 bridgehead atoms. The highest BCUT2D eigenvalue weighted by Gasteiger charge is 2.33. The van der Waals surface area contributed by atoms with E-state index in [1.165, 1.54) is 16.4 Å². The number of halogens is 2. The fraction of sp³-hybridized carbons (Fsp3) is 0.500. The summed E-state index contributed by atoms with van der Waals surface area (Å²) in [4.78, 5) is -0.0199. The van der Waals surface area contributed by atoms with Crippen molar-refractivity contribution in [1.29, 1.82) is 0 Å². The summed E-state index contributed by atoms with van der Waals surface area (Å²) in [5, 5.41) is 0. The molecule has 0 aromatic heterocycles. The lowest BCUT2D eigenvalue weighted by molar-refractivity contribution is 0.0314. The molecule has 19 heavy (non-hydrogen) atoms. The van der Waals surface area contributed by atoms with E-state index in [-0.39, 0.29) is 15.4 Å². The van der Waals surface area contributed by atoms with Crippen molar-refractivity contribution < 1.29 is 17.5 Å². The Labute approximate surface area is 120 Å². The molecule has 7 heteroatoms. The van der Waals surface area contributed by atoms with Gasteiger partial charge in [-0.1, -0.05) is 6.92 Å². The molecule has 2 rings (SSSR count). The maximum atomic E-state index is 13.5. The first-order valence-electron chi connectivity index (χ1n) is 6.01. The predicted molar refractivity (Wildman–Crippen MR) is 72.9 cm³/mol. The zero-order chi connectivity index (χ0) is 14.0. The van der Waals surface area contributed by atoms with Crippen LogP contribution in [0.1, 0.15) is 13.3 Å². The zero-order valence-corrected chi connectivity index (χ0v) is 12.9. The molecule has 0 aliphatic carbocycles. The van der Waals surface area contributed by atoms with Crippen LogP contribution in [-0.2, 0) is 14.8 Å². The Morgan fingerprint density at radius 3 is 2.89 bits per heavy atom. The van der Waals surface area contributed by atoms with Gasteiger partial charge in [-0.25, -0.2) is 12.8 Å². The normalized spacial score (nSPS) is 21.5. The Morgan fingerprint density at radius 2 is 2.26 bits per heavy atom. The van der Waals surface area contributed by atoms with E-state index < -0.39 is 15.8 Å². The molecule has 0 spiro atoms. The predicted octanol–water partition coefficient (Wildman–Crippen LogP) is 2.39. The number of sulfonamides is 1. The molecule has 1 aromatic carbocycles. The summed E-state index contributed by atoms with van der Waals surface area (Å²) in [6.07, 6.45) is 0.665. The van der Waals surface area contributed by atoms with E-state index in [1.54, 1.807) is 0 Å². The number of nitrogens with zero attached hydrogens (tertiary/aromatic N) is 1. The van der Waals surface area contributed by atoms with Gasteiger partial charge in [0.2, 0.25) is 10.0 Å². The first-order valence-corrected chi connectivity index (χ1v) is 8.24. The van der Waals surface area contributed by atoms with Crippen LogP contribution in [0.4, 0.5) is 4.39 Å². The van der Waals surface area contributed by atoms with Crippen molar-refractivity contribution >= 4 is 26.0 Å². The molecule has 0 amide bonds. The lowest BCUT2D eigenvalue weighted by Gasteiger charge is -2.33. The highest BCUT2D eigenvalue weighted by atomic mass is 79.9. The van der Waals surface area contributed by atoms with E-state index >= 15 is 0 Å². The molecule has 1 atom stereocenters. The molecule has 4 nitrogen and oxygen atoms in total. The molecule has 106 valence electrons. The van der Waals surface area contributed by atoms with E-state index in [0.29, 0.717) is 26.2 Å². The first-order chi connectivity index (χ1) is 8.96. The minimum Gasteiger partial charge on any atom is -0.378 e. The van der Waals surface area contributed by atoms with Gasteiger partial charge < -0.3 is 4.74 Å². The Bertz CT molecular complexity index is 564. The van der Waals surface area contributed by atoms with Crippen LogP contribution in [0, 0.1) is 5.82 Å². The molecule has 1 saturated heterocycles. The lowest BCUT2D eigenvalue weighted by Crippen LogP contribution is -2.48. The van der Waals surface area contributed by atoms with Gasteiger partial charge in [0.25, 0.3) is 0 Å². The van der Waals surface area contributed by atoms with Crippen molar-refractivity contribution in [3.8, 4) is 0 Å². The fourth-order valence-electron chi connectivity index (χ4n) is 2.05. The Balaban J connectivity index is 2.37. The maximum absolute atomic E-state index is 13.5. The van der Waals surface area contributed by atoms with Gasteiger partial charge in [-0.05, 0) is 40.5 Å². The minimum atomic E-state index is -3.67. The van der Waals surface area contributed by atoms with Crippen molar-refractivity contribution in [1.82, 2.24) is 4.31 Å². The SMILES string of the molecule is CCC1COCCN1S(=O)(=O)c1ccc(Br)c(F)c1. The van der Waals surface area contributed by atoms with E-state index in [4.69, 9.17) is 4.74 Å². The topological polar surface area (TPSA) is 46.6 Å². The van der Waals surface area contributed by atoms with E-state index in [1.807, 2.05) is 6.92 Å². The monoisotopic (exact) mass is 351 g/mol. The summed E-state index contributed by atoms with van der Waals surface area (Å²) in [6.45, 7) is 2.96. The second-order valence-electron chi connectivity index (χ2n) is 4.33. The van der Waals surface area contributed by atoms with Gasteiger partial charge in [0.15, 0.2) is 0 Å². The van der Waals surface area contributed by atoms with Gasteiger partial charge in [-0.3, -0.25) is 0 Å². The summed E-state index contributed by atoms with van der Waals surface area (Å²) in [5.74, 6) is -0.581. The van der Waals surface area contributed by atoms with Gasteiger partial charge in [-0.15, -0.1) is 0 Å². The standard InChI is InChI=1S/C12H15BrFNO3S/c1-2-9-8-18-6-5-15(9)19(16,17)10-3-4-11(13)12(14)7-10/h3-4,7,9H,2,5-6,8H2,1H3. The maximum Gasteiger partial charge on any atom is 0.243 e. The van der Waals surface area contributed by atoms with Crippen molar-refractivity contribution in [2.24, 2.45) is 0 Å². The Morgan fingerprint density at radius 1 is 1.53 bits per heavy atom. The second kappa shape index (κ2) is 5.87. The van der Waals surface area contributed by atoms with Gasteiger partial charge in [0.1, 0.15) is 5.82 Å². The molecule has 0 N–H and O–H groups in total. The number of hydrogen-bond donors (Lipinski definition) is 0. The van der Waals surface area contributed by atoms with Gasteiger partial charge in [0.05, 0.1) is 22.6 Å². The van der Waals surface area contributed by atoms with Crippen LogP contribution in [0.3, 0.4) is 0 Å². The molecular formula is C12H15BrFNO3S. The van der Waals surface area contributed by atoms with E-state index in [2.05, 4.69) is 15.9 Å². The van der Waals surface area contributed by atoms with Crippen molar-refractivity contribution in [3.63, 3.8) is 0 Å². The van der Waals surface area contributed by atoms with Crippen molar-refractivity contribution in [2.45, 2.75) is 24.3 Å². The van der Waals surface area contributed by atoms with Gasteiger partial charge in [-0.2, -0.15) is 4.31 Å². The van der Waals surface area contributed by atoms with E-state index in [0.717, 1.165) is 6.07 Å². The lowest BCUT2D eigenvalue weighted by atomic mass is 10.2. The van der Waals surface area contributed by atoms with Crippen LogP contribution >= 0.6 is 15.9 Å². The molecular weight excluding hydrogens is 337 g/mol. The molecule has 0 radical (unpaired) electrons. The molecule has 1 aliphatic heterocycles. The summed E-state index contributed by atoms with van der Waals surface area (Å²) >= 11 is 3.01. The van der Waals surface area contributed by atoms with E-state index in [9.17, 15) is 12.8 Å². The highest BCUT2D eigenvalue weighted by Crippen LogP contribution is 2.25. The smallest absolute Gasteiger partial charge is 0.243 e. The molecule has 1 aliphatic rings. The number of ether oxygens (including phenoxy) is 1. The molecule has 1 unspecified atom stereocenters. The van der Waals surface area contributed by atoms with Crippen LogP contribution in [0.25, 0.3) is 0 Å². The van der Waals surface area contributed by atoms with Crippen LogP contribution in [0.15, 0.2) is 27.6 Å². The summed E-state index contributed by atoms with van der Waals surface area (Å²) in [5.41, 5.74) is 0. The number of morpholine rings is 1. The third-order valence-corrected chi connectivity index (χ3v) is 5.73. The van der Waals surface area contributed by atoms with Crippen LogP contribution < -0.4 is 0 Å². The third-order valence-electron chi connectivity index (χ3n) is 3.14. The van der Waals surface area contributed by atoms with Crippen LogP contribution in [0.2, 0.25) is 0 Å². The van der Waals surface area contributed by atoms with Crippen molar-refractivity contribution in [3.05, 3.63) is 28.5 Å². The number of hydrogen-bond acceptors (Lipinski definition) is 3. The Hall–Kier alpha value is -0.500. The zero-order valence-electron chi connectivity index (χ0n) is 10.5. The average molecular weight is 352 g/mol. The van der Waals surface area contributed by atoms with Crippen LogP contribution in [-0.4, -0.2) is 38.5 Å². The van der Waals surface area contributed by atoms with Gasteiger partial charge in [0, 0.05) is 12.6 Å². The molecule has 1 heterocycles. The molecule has 1 fully saturated rings. The van der Waals surface area contributed by atoms with Gasteiger partial charge >= 0.3 is 0 Å². The second-order valence-corrected chi connectivity index (χ2v) is 7.07. The largest absolute Gasteiger partial charge is 0.378 e. The molecule has 0 saturated carbocycles. The first kappa shape index (κ1) is 14.9. The minimum absolute atomic E-state index is 0.0199. The summed E-state index contributed by atoms with van der Waals surface area (Å²) < 4.78 is 45.5. The summed E-state index contributed by atoms with van der Waals surface area (Å²) in [6, 6.07) is 3.67. The number of benzene rings is 1. The van der Waals surface area contributed by atoms with Crippen molar-refractivity contribution in [2.75, 3.05) is 19.8 Å². The third kappa shape index (κ3) is 2.99. The Kier molecular flexibility index (Phi) is 4.60.